The van der Waals surface area contributed by atoms with Crippen LogP contribution in [0.2, 0.25) is 0 Å². The number of rotatable bonds is 1. The lowest BCUT2D eigenvalue weighted by atomic mass is 10.1. The summed E-state index contributed by atoms with van der Waals surface area (Å²) in [7, 11) is 0. The van der Waals surface area contributed by atoms with Crippen LogP contribution in [-0.2, 0) is 0 Å². The molecule has 2 unspecified atom stereocenters. The molecule has 3 heteroatoms. The van der Waals surface area contributed by atoms with Crippen LogP contribution in [0.15, 0.2) is 42.8 Å². The molecular formula is C10H11NO2. The molecule has 1 aliphatic carbocycles. The van der Waals surface area contributed by atoms with E-state index >= 15 is 0 Å². The van der Waals surface area contributed by atoms with Crippen molar-refractivity contribution in [2.24, 2.45) is 0 Å². The Morgan fingerprint density at radius 1 is 1.15 bits per heavy atom. The maximum absolute atomic E-state index is 9.62. The third-order valence-corrected chi connectivity index (χ3v) is 2.10. The van der Waals surface area contributed by atoms with E-state index in [1.807, 2.05) is 24.5 Å². The van der Waals surface area contributed by atoms with Crippen LogP contribution in [0.1, 0.15) is 0 Å². The van der Waals surface area contributed by atoms with Crippen LogP contribution in [0.3, 0.4) is 0 Å². The number of aromatic nitrogens is 1. The number of aliphatic hydroxyl groups is 2. The summed E-state index contributed by atoms with van der Waals surface area (Å²) in [6.07, 6.45) is 7.13. The van der Waals surface area contributed by atoms with Crippen molar-refractivity contribution in [3.05, 3.63) is 42.8 Å². The van der Waals surface area contributed by atoms with Crippen molar-refractivity contribution in [2.75, 3.05) is 0 Å². The average Bonchev–Trinajstić information content (AvgIpc) is 2.62. The molecule has 1 aliphatic rings. The summed E-state index contributed by atoms with van der Waals surface area (Å²) < 4.78 is 1.79. The van der Waals surface area contributed by atoms with Crippen LogP contribution in [0, 0.1) is 0 Å². The highest BCUT2D eigenvalue weighted by atomic mass is 16.3. The van der Waals surface area contributed by atoms with E-state index in [1.54, 1.807) is 22.8 Å². The summed E-state index contributed by atoms with van der Waals surface area (Å²) in [5.41, 5.74) is 0.694. The van der Waals surface area contributed by atoms with Gasteiger partial charge >= 0.3 is 0 Å². The molecule has 0 fully saturated rings. The maximum Gasteiger partial charge on any atom is 0.124 e. The van der Waals surface area contributed by atoms with Crippen LogP contribution in [-0.4, -0.2) is 27.0 Å². The van der Waals surface area contributed by atoms with E-state index in [2.05, 4.69) is 0 Å². The molecule has 2 atom stereocenters. The van der Waals surface area contributed by atoms with Gasteiger partial charge in [0.25, 0.3) is 0 Å². The van der Waals surface area contributed by atoms with E-state index < -0.39 is 12.2 Å². The summed E-state index contributed by atoms with van der Waals surface area (Å²) in [5.74, 6) is 0. The van der Waals surface area contributed by atoms with Gasteiger partial charge in [-0.25, -0.2) is 0 Å². The lowest BCUT2D eigenvalue weighted by Crippen LogP contribution is -2.29. The Kier molecular flexibility index (Phi) is 2.04. The van der Waals surface area contributed by atoms with E-state index in [9.17, 15) is 10.2 Å². The number of aliphatic hydroxyl groups excluding tert-OH is 2. The summed E-state index contributed by atoms with van der Waals surface area (Å²) in [5, 5.41) is 19.0. The maximum atomic E-state index is 9.62. The zero-order valence-corrected chi connectivity index (χ0v) is 7.04. The van der Waals surface area contributed by atoms with E-state index in [0.29, 0.717) is 5.70 Å². The van der Waals surface area contributed by atoms with Gasteiger partial charge in [0, 0.05) is 12.4 Å². The second kappa shape index (κ2) is 3.20. The van der Waals surface area contributed by atoms with Crippen molar-refractivity contribution in [2.45, 2.75) is 12.2 Å². The van der Waals surface area contributed by atoms with E-state index in [0.717, 1.165) is 0 Å². The first kappa shape index (κ1) is 8.29. The molecule has 0 aliphatic heterocycles. The van der Waals surface area contributed by atoms with Crippen LogP contribution >= 0.6 is 0 Å². The first-order chi connectivity index (χ1) is 6.29. The quantitative estimate of drug-likeness (QED) is 0.660. The second-order valence-electron chi connectivity index (χ2n) is 3.00. The highest BCUT2D eigenvalue weighted by Crippen LogP contribution is 2.18. The van der Waals surface area contributed by atoms with Crippen LogP contribution in [0.5, 0.6) is 0 Å². The molecule has 0 amide bonds. The third-order valence-electron chi connectivity index (χ3n) is 2.10. The molecule has 0 radical (unpaired) electrons. The smallest absolute Gasteiger partial charge is 0.124 e. The molecule has 1 heterocycles. The molecule has 1 aromatic heterocycles. The Bertz CT molecular complexity index is 338. The fourth-order valence-electron chi connectivity index (χ4n) is 1.39. The van der Waals surface area contributed by atoms with Crippen LogP contribution in [0.4, 0.5) is 0 Å². The topological polar surface area (TPSA) is 45.4 Å². The lowest BCUT2D eigenvalue weighted by Gasteiger charge is -2.21. The Hall–Kier alpha value is -1.32. The number of allylic oxidation sites excluding steroid dienone is 2. The predicted octanol–water partition coefficient (Wildman–Crippen LogP) is 0.621. The van der Waals surface area contributed by atoms with Crippen molar-refractivity contribution in [3.8, 4) is 0 Å². The fraction of sp³-hybridized carbons (Fsp3) is 0.200. The molecule has 0 spiro atoms. The zero-order chi connectivity index (χ0) is 9.26. The largest absolute Gasteiger partial charge is 0.386 e. The summed E-state index contributed by atoms with van der Waals surface area (Å²) in [6.45, 7) is 0. The highest BCUT2D eigenvalue weighted by Gasteiger charge is 2.21. The number of nitrogens with zero attached hydrogens (tertiary/aromatic N) is 1. The minimum atomic E-state index is -0.836. The summed E-state index contributed by atoms with van der Waals surface area (Å²) in [6, 6.07) is 3.75. The van der Waals surface area contributed by atoms with Gasteiger partial charge in [0.05, 0.1) is 5.70 Å². The minimum absolute atomic E-state index is 0.694. The Morgan fingerprint density at radius 3 is 2.54 bits per heavy atom. The van der Waals surface area contributed by atoms with Crippen molar-refractivity contribution >= 4 is 5.70 Å². The third kappa shape index (κ3) is 1.43. The first-order valence-corrected chi connectivity index (χ1v) is 4.17. The zero-order valence-electron chi connectivity index (χ0n) is 7.04. The fourth-order valence-corrected chi connectivity index (χ4v) is 1.39. The Labute approximate surface area is 76.2 Å². The van der Waals surface area contributed by atoms with Gasteiger partial charge < -0.3 is 14.8 Å². The summed E-state index contributed by atoms with van der Waals surface area (Å²) >= 11 is 0. The lowest BCUT2D eigenvalue weighted by molar-refractivity contribution is 0.0825. The second-order valence-corrected chi connectivity index (χ2v) is 3.00. The molecule has 0 aromatic carbocycles. The van der Waals surface area contributed by atoms with E-state index in [-0.39, 0.29) is 0 Å². The predicted molar refractivity (Wildman–Crippen MR) is 49.9 cm³/mol. The molecule has 1 aromatic rings. The van der Waals surface area contributed by atoms with Gasteiger partial charge in [0.2, 0.25) is 0 Å². The number of hydrogen-bond acceptors (Lipinski definition) is 2. The molecule has 0 saturated heterocycles. The van der Waals surface area contributed by atoms with Gasteiger partial charge in [0.1, 0.15) is 12.2 Å². The van der Waals surface area contributed by atoms with Crippen molar-refractivity contribution in [1.82, 2.24) is 4.57 Å². The highest BCUT2D eigenvalue weighted by molar-refractivity contribution is 5.56. The Morgan fingerprint density at radius 2 is 1.85 bits per heavy atom. The molecule has 2 N–H and O–H groups in total. The Balaban J connectivity index is 2.34. The van der Waals surface area contributed by atoms with Gasteiger partial charge in [-0.15, -0.1) is 0 Å². The first-order valence-electron chi connectivity index (χ1n) is 4.17. The van der Waals surface area contributed by atoms with Gasteiger partial charge in [-0.05, 0) is 18.2 Å². The van der Waals surface area contributed by atoms with Crippen molar-refractivity contribution in [3.63, 3.8) is 0 Å². The van der Waals surface area contributed by atoms with E-state index in [1.165, 1.54) is 0 Å². The molecule has 0 bridgehead atoms. The molecular weight excluding hydrogens is 166 g/mol. The molecule has 13 heavy (non-hydrogen) atoms. The van der Waals surface area contributed by atoms with E-state index in [4.69, 9.17) is 0 Å². The molecule has 2 rings (SSSR count). The van der Waals surface area contributed by atoms with Crippen LogP contribution < -0.4 is 0 Å². The average molecular weight is 177 g/mol. The van der Waals surface area contributed by atoms with Gasteiger partial charge in [-0.2, -0.15) is 0 Å². The van der Waals surface area contributed by atoms with Gasteiger partial charge in [0.15, 0.2) is 0 Å². The van der Waals surface area contributed by atoms with Crippen molar-refractivity contribution in [1.29, 1.82) is 0 Å². The SMILES string of the molecule is OC1C=CC=C(n2cccc2)C1O. The molecule has 0 saturated carbocycles. The number of hydrogen-bond donors (Lipinski definition) is 2. The minimum Gasteiger partial charge on any atom is -0.386 e. The monoisotopic (exact) mass is 177 g/mol. The van der Waals surface area contributed by atoms with Gasteiger partial charge in [-0.1, -0.05) is 12.2 Å². The normalized spacial score (nSPS) is 27.4. The van der Waals surface area contributed by atoms with Gasteiger partial charge in [-0.3, -0.25) is 0 Å². The standard InChI is InChI=1S/C10H11NO2/c12-9-5-3-4-8(10(9)13)11-6-1-2-7-11/h1-7,9-10,12-13H. The molecule has 3 nitrogen and oxygen atoms in total. The van der Waals surface area contributed by atoms with Crippen LogP contribution in [0.25, 0.3) is 5.70 Å². The summed E-state index contributed by atoms with van der Waals surface area (Å²) in [4.78, 5) is 0. The van der Waals surface area contributed by atoms with Crippen molar-refractivity contribution < 1.29 is 10.2 Å². The molecule has 68 valence electrons.